The third kappa shape index (κ3) is 5.38. The van der Waals surface area contributed by atoms with Gasteiger partial charge in [-0.25, -0.2) is 8.78 Å². The zero-order valence-corrected chi connectivity index (χ0v) is 15.4. The molecule has 0 aliphatic carbocycles. The molecule has 0 aromatic heterocycles. The summed E-state index contributed by atoms with van der Waals surface area (Å²) in [5, 5.41) is 0. The minimum Gasteiger partial charge on any atom is -0.243 e. The molecule has 0 nitrogen and oxygen atoms in total. The van der Waals surface area contributed by atoms with E-state index < -0.39 is 6.17 Å². The molecule has 2 aromatic carbocycles. The monoisotopic (exact) mass is 340 g/mol. The second-order valence-electron chi connectivity index (χ2n) is 6.57. The fourth-order valence-electron chi connectivity index (χ4n) is 2.65. The van der Waals surface area contributed by atoms with Crippen LogP contribution in [0.15, 0.2) is 54.6 Å². The van der Waals surface area contributed by atoms with Crippen LogP contribution < -0.4 is 0 Å². The van der Waals surface area contributed by atoms with Gasteiger partial charge in [-0.05, 0) is 80.0 Å². The Morgan fingerprint density at radius 1 is 1.12 bits per heavy atom. The Morgan fingerprint density at radius 3 is 2.40 bits per heavy atom. The highest BCUT2D eigenvalue weighted by atomic mass is 19.1. The van der Waals surface area contributed by atoms with Gasteiger partial charge in [0.1, 0.15) is 12.0 Å². The normalized spacial score (nSPS) is 13.4. The molecule has 2 rings (SSSR count). The second-order valence-corrected chi connectivity index (χ2v) is 6.57. The average molecular weight is 340 g/mol. The molecule has 0 fully saturated rings. The van der Waals surface area contributed by atoms with E-state index in [-0.39, 0.29) is 5.82 Å². The number of aryl methyl sites for hydroxylation is 2. The summed E-state index contributed by atoms with van der Waals surface area (Å²) in [4.78, 5) is 0. The Balaban J connectivity index is 1.92. The van der Waals surface area contributed by atoms with Crippen molar-refractivity contribution in [2.45, 2.75) is 46.7 Å². The van der Waals surface area contributed by atoms with Crippen molar-refractivity contribution in [2.24, 2.45) is 0 Å². The molecule has 1 atom stereocenters. The van der Waals surface area contributed by atoms with Crippen LogP contribution in [-0.2, 0) is 6.42 Å². The molecule has 0 aliphatic rings. The summed E-state index contributed by atoms with van der Waals surface area (Å²) >= 11 is 0. The van der Waals surface area contributed by atoms with Gasteiger partial charge in [0.05, 0.1) is 0 Å². The van der Waals surface area contributed by atoms with E-state index >= 15 is 0 Å². The highest BCUT2D eigenvalue weighted by molar-refractivity contribution is 5.66. The van der Waals surface area contributed by atoms with Gasteiger partial charge in [0.25, 0.3) is 0 Å². The lowest BCUT2D eigenvalue weighted by molar-refractivity contribution is 0.374. The predicted molar refractivity (Wildman–Crippen MR) is 103 cm³/mol. The van der Waals surface area contributed by atoms with Crippen molar-refractivity contribution < 1.29 is 8.78 Å². The molecular formula is C23H26F2. The summed E-state index contributed by atoms with van der Waals surface area (Å²) in [6, 6.07) is 11.3. The van der Waals surface area contributed by atoms with E-state index in [9.17, 15) is 8.78 Å². The number of benzene rings is 2. The van der Waals surface area contributed by atoms with Gasteiger partial charge in [-0.1, -0.05) is 48.6 Å². The molecule has 0 saturated carbocycles. The van der Waals surface area contributed by atoms with Crippen molar-refractivity contribution in [3.63, 3.8) is 0 Å². The van der Waals surface area contributed by atoms with Gasteiger partial charge in [0, 0.05) is 0 Å². The van der Waals surface area contributed by atoms with Crippen molar-refractivity contribution in [3.8, 4) is 0 Å². The van der Waals surface area contributed by atoms with E-state index in [4.69, 9.17) is 0 Å². The van der Waals surface area contributed by atoms with Gasteiger partial charge in [0.2, 0.25) is 0 Å². The zero-order chi connectivity index (χ0) is 18.4. The first-order valence-corrected chi connectivity index (χ1v) is 8.72. The molecule has 2 heteroatoms. The number of halogens is 2. The molecule has 0 heterocycles. The van der Waals surface area contributed by atoms with Gasteiger partial charge in [-0.2, -0.15) is 0 Å². The number of alkyl halides is 1. The highest BCUT2D eigenvalue weighted by Gasteiger charge is 2.04. The number of rotatable bonds is 6. The minimum atomic E-state index is -0.919. The Hall–Kier alpha value is -2.22. The van der Waals surface area contributed by atoms with Crippen LogP contribution >= 0.6 is 0 Å². The number of hydrogen-bond donors (Lipinski definition) is 0. The molecule has 132 valence electrons. The first-order chi connectivity index (χ1) is 11.9. The van der Waals surface area contributed by atoms with E-state index in [0.717, 1.165) is 35.1 Å². The van der Waals surface area contributed by atoms with Crippen LogP contribution in [0, 0.1) is 19.7 Å². The first kappa shape index (κ1) is 19.1. The summed E-state index contributed by atoms with van der Waals surface area (Å²) in [7, 11) is 0. The lowest BCUT2D eigenvalue weighted by Crippen LogP contribution is -1.91. The standard InChI is InChI=1S/C23H26F2/c1-16(22-14-17(2)18(3)23(25)15-22)8-6-5-7-9-20-10-12-21(13-11-20)19(4)24/h5-6,8,10-15,19H,7,9H2,1-4H3/b6-5-,16-8+. The Morgan fingerprint density at radius 2 is 1.80 bits per heavy atom. The van der Waals surface area contributed by atoms with Crippen LogP contribution in [0.5, 0.6) is 0 Å². The first-order valence-electron chi connectivity index (χ1n) is 8.72. The molecule has 2 aromatic rings. The zero-order valence-electron chi connectivity index (χ0n) is 15.4. The van der Waals surface area contributed by atoms with E-state index in [1.807, 2.05) is 56.3 Å². The van der Waals surface area contributed by atoms with E-state index in [2.05, 4.69) is 6.08 Å². The fourth-order valence-corrected chi connectivity index (χ4v) is 2.65. The summed E-state index contributed by atoms with van der Waals surface area (Å²) in [6.45, 7) is 7.27. The largest absolute Gasteiger partial charge is 0.243 e. The maximum atomic E-state index is 13.8. The van der Waals surface area contributed by atoms with Crippen molar-refractivity contribution in [3.05, 3.63) is 88.3 Å². The smallest absolute Gasteiger partial charge is 0.126 e. The highest BCUT2D eigenvalue weighted by Crippen LogP contribution is 2.21. The Bertz CT molecular complexity index is 742. The van der Waals surface area contributed by atoms with Crippen molar-refractivity contribution >= 4 is 5.57 Å². The SMILES string of the molecule is C/C(=C\C=C/CCc1ccc(C(C)F)cc1)c1cc(C)c(C)c(F)c1. The van der Waals surface area contributed by atoms with Crippen molar-refractivity contribution in [1.82, 2.24) is 0 Å². The molecular weight excluding hydrogens is 314 g/mol. The summed E-state index contributed by atoms with van der Waals surface area (Å²) in [5.74, 6) is -0.155. The quantitative estimate of drug-likeness (QED) is 0.493. The molecule has 25 heavy (non-hydrogen) atoms. The summed E-state index contributed by atoms with van der Waals surface area (Å²) < 4.78 is 27.0. The summed E-state index contributed by atoms with van der Waals surface area (Å²) in [5.41, 5.74) is 5.56. The lowest BCUT2D eigenvalue weighted by Gasteiger charge is -2.07. The molecule has 0 amide bonds. The summed E-state index contributed by atoms with van der Waals surface area (Å²) in [6.07, 6.45) is 7.04. The molecule has 0 N–H and O–H groups in total. The Kier molecular flexibility index (Phi) is 6.69. The van der Waals surface area contributed by atoms with Crippen LogP contribution in [0.1, 0.15) is 54.3 Å². The number of hydrogen-bond acceptors (Lipinski definition) is 0. The van der Waals surface area contributed by atoms with Gasteiger partial charge < -0.3 is 0 Å². The molecule has 0 saturated heterocycles. The predicted octanol–water partition coefficient (Wildman–Crippen LogP) is 7.07. The molecule has 0 bridgehead atoms. The van der Waals surface area contributed by atoms with Gasteiger partial charge in [0.15, 0.2) is 0 Å². The molecule has 0 radical (unpaired) electrons. The van der Waals surface area contributed by atoms with Crippen LogP contribution in [0.2, 0.25) is 0 Å². The lowest BCUT2D eigenvalue weighted by atomic mass is 10.0. The maximum Gasteiger partial charge on any atom is 0.126 e. The Labute approximate surface area is 149 Å². The van der Waals surface area contributed by atoms with Crippen molar-refractivity contribution in [1.29, 1.82) is 0 Å². The van der Waals surface area contributed by atoms with E-state index in [0.29, 0.717) is 5.56 Å². The van der Waals surface area contributed by atoms with Crippen LogP contribution in [-0.4, -0.2) is 0 Å². The number of allylic oxidation sites excluding steroid dienone is 4. The topological polar surface area (TPSA) is 0 Å². The third-order valence-corrected chi connectivity index (χ3v) is 4.58. The minimum absolute atomic E-state index is 0.155. The fraction of sp³-hybridized carbons (Fsp3) is 0.304. The van der Waals surface area contributed by atoms with Crippen LogP contribution in [0.4, 0.5) is 8.78 Å². The van der Waals surface area contributed by atoms with Gasteiger partial charge in [-0.15, -0.1) is 0 Å². The van der Waals surface area contributed by atoms with Gasteiger partial charge in [-0.3, -0.25) is 0 Å². The van der Waals surface area contributed by atoms with E-state index in [1.165, 1.54) is 5.56 Å². The molecule has 1 unspecified atom stereocenters. The molecule has 0 spiro atoms. The average Bonchev–Trinajstić information content (AvgIpc) is 2.59. The maximum absolute atomic E-state index is 13.8. The van der Waals surface area contributed by atoms with Crippen molar-refractivity contribution in [2.75, 3.05) is 0 Å². The van der Waals surface area contributed by atoms with Gasteiger partial charge >= 0.3 is 0 Å². The van der Waals surface area contributed by atoms with E-state index in [1.54, 1.807) is 19.9 Å². The molecule has 0 aliphatic heterocycles. The van der Waals surface area contributed by atoms with Crippen LogP contribution in [0.25, 0.3) is 5.57 Å². The second kappa shape index (κ2) is 8.75. The third-order valence-electron chi connectivity index (χ3n) is 4.58. The van der Waals surface area contributed by atoms with Crippen LogP contribution in [0.3, 0.4) is 0 Å².